The third kappa shape index (κ3) is 16.8. The van der Waals surface area contributed by atoms with E-state index in [0.717, 1.165) is 12.1 Å². The number of aliphatic carboxylic acids is 1. The standard InChI is InChI=1S/C55H74N2O22S4/c1-6-56-45-16-14-41-43(35-39(80(60,61)62)37-47(41)82(66,67)68)52(45)54(2,18-21-74-27-29-78-33-31-76-25-23-72-4)49(56)11-10-12-50-55(3,19-22-75-28-30-79-34-32-77-26-24-73-5)53-44-36-40(81(63,64)65)38-48(83(69,70)71)42(44)15-17-46(53)57(50)20-9-7-8-13-51(58)59/h10-12,14-17,35-38H,6-9,13,18-34H2,1-5H3,(H4-,58,59,60,61,62,63,64,65,66,67,68,69,70,71)/p-3. The first-order valence-electron chi connectivity index (χ1n) is 26.8. The molecule has 2 aliphatic rings. The molecule has 2 unspecified atom stereocenters. The highest BCUT2D eigenvalue weighted by Gasteiger charge is 2.49. The first-order chi connectivity index (χ1) is 39.2. The van der Waals surface area contributed by atoms with Crippen molar-refractivity contribution in [2.45, 2.75) is 89.7 Å². The van der Waals surface area contributed by atoms with E-state index in [9.17, 15) is 61.8 Å². The number of carboxylic acid groups (broad SMARTS) is 1. The SMILES string of the molecule is CCN1/C(=C/C=C/C2=[N+](CCCCCC(=O)O)c3ccc4c(S(=O)(=O)[O-])cc(S(=O)(=O)[O-])cc4c3C2(C)CCOCCOCCOCCOC)C(C)(CCOCCOCCOCCOC)c2c1ccc1c(S(=O)(=O)[O-])cc(S(=O)(=O)[O-])cc21. The Morgan fingerprint density at radius 1 is 0.566 bits per heavy atom. The highest BCUT2D eigenvalue weighted by atomic mass is 32.2. The Bertz CT molecular complexity index is 3510. The van der Waals surface area contributed by atoms with Crippen LogP contribution in [0, 0.1) is 0 Å². The van der Waals surface area contributed by atoms with Gasteiger partial charge in [0, 0.05) is 86.7 Å². The maximum Gasteiger partial charge on any atom is 0.303 e. The fraction of sp³-hybridized carbons (Fsp3) is 0.527. The lowest BCUT2D eigenvalue weighted by atomic mass is 9.74. The van der Waals surface area contributed by atoms with Gasteiger partial charge in [-0.2, -0.15) is 4.58 Å². The zero-order valence-corrected chi connectivity index (χ0v) is 50.2. The van der Waals surface area contributed by atoms with E-state index in [1.165, 1.54) is 12.1 Å². The highest BCUT2D eigenvalue weighted by Crippen LogP contribution is 2.54. The molecule has 6 rings (SSSR count). The fourth-order valence-corrected chi connectivity index (χ4v) is 13.3. The van der Waals surface area contributed by atoms with Crippen molar-refractivity contribution in [2.75, 3.05) is 125 Å². The van der Waals surface area contributed by atoms with Crippen LogP contribution >= 0.6 is 0 Å². The predicted molar refractivity (Wildman–Crippen MR) is 298 cm³/mol. The van der Waals surface area contributed by atoms with Gasteiger partial charge < -0.3 is 66.1 Å². The number of anilines is 1. The van der Waals surface area contributed by atoms with E-state index in [0.29, 0.717) is 105 Å². The van der Waals surface area contributed by atoms with Crippen molar-refractivity contribution in [1.82, 2.24) is 0 Å². The average molecular weight is 1240 g/mol. The third-order valence-corrected chi connectivity index (χ3v) is 17.9. The molecule has 0 radical (unpaired) electrons. The summed E-state index contributed by atoms with van der Waals surface area (Å²) in [4.78, 5) is 9.73. The zero-order chi connectivity index (χ0) is 60.8. The van der Waals surface area contributed by atoms with E-state index in [1.54, 1.807) is 44.6 Å². The normalized spacial score (nSPS) is 18.2. The van der Waals surface area contributed by atoms with Gasteiger partial charge in [0.1, 0.15) is 47.0 Å². The molecule has 1 N–H and O–H groups in total. The average Bonchev–Trinajstić information content (AvgIpc) is 1.91. The third-order valence-electron chi connectivity index (χ3n) is 14.6. The summed E-state index contributed by atoms with van der Waals surface area (Å²) < 4.78 is 200. The number of allylic oxidation sites excluding steroid dienone is 4. The molecule has 2 aliphatic heterocycles. The quantitative estimate of drug-likeness (QED) is 0.0352. The van der Waals surface area contributed by atoms with Crippen LogP contribution in [0.2, 0.25) is 0 Å². The fourth-order valence-electron chi connectivity index (χ4n) is 10.7. The second-order valence-corrected chi connectivity index (χ2v) is 25.4. The zero-order valence-electron chi connectivity index (χ0n) is 47.0. The van der Waals surface area contributed by atoms with Crippen LogP contribution in [0.25, 0.3) is 21.5 Å². The Labute approximate surface area is 484 Å². The van der Waals surface area contributed by atoms with Crippen molar-refractivity contribution in [2.24, 2.45) is 0 Å². The van der Waals surface area contributed by atoms with Gasteiger partial charge in [0.05, 0.1) is 104 Å². The largest absolute Gasteiger partial charge is 0.744 e. The van der Waals surface area contributed by atoms with Crippen LogP contribution in [0.5, 0.6) is 0 Å². The highest BCUT2D eigenvalue weighted by molar-refractivity contribution is 7.87. The maximum atomic E-state index is 12.9. The number of methoxy groups -OCH3 is 2. The summed E-state index contributed by atoms with van der Waals surface area (Å²) in [5, 5.41) is 9.19. The van der Waals surface area contributed by atoms with Crippen molar-refractivity contribution < 1.29 is 104 Å². The Balaban J connectivity index is 1.51. The first-order valence-corrected chi connectivity index (χ1v) is 32.4. The van der Waals surface area contributed by atoms with Gasteiger partial charge in [0.25, 0.3) is 0 Å². The van der Waals surface area contributed by atoms with Crippen LogP contribution in [0.1, 0.15) is 70.4 Å². The van der Waals surface area contributed by atoms with Crippen LogP contribution in [0.3, 0.4) is 0 Å². The van der Waals surface area contributed by atoms with Gasteiger partial charge in [-0.05, 0) is 111 Å². The number of carboxylic acids is 1. The number of likely N-dealkylation sites (N-methyl/N-ethyl adjacent to an activating group) is 1. The summed E-state index contributed by atoms with van der Waals surface area (Å²) in [6, 6.07) is 9.18. The summed E-state index contributed by atoms with van der Waals surface area (Å²) >= 11 is 0. The van der Waals surface area contributed by atoms with E-state index >= 15 is 0 Å². The topological polar surface area (TPSA) is 346 Å². The van der Waals surface area contributed by atoms with Crippen molar-refractivity contribution >= 4 is 85.1 Å². The van der Waals surface area contributed by atoms with Crippen LogP contribution in [0.4, 0.5) is 11.4 Å². The van der Waals surface area contributed by atoms with Crippen molar-refractivity contribution in [3.63, 3.8) is 0 Å². The van der Waals surface area contributed by atoms with Crippen molar-refractivity contribution in [3.8, 4) is 0 Å². The van der Waals surface area contributed by atoms with Crippen LogP contribution in [0.15, 0.2) is 92.0 Å². The molecule has 0 aliphatic carbocycles. The number of fused-ring (bicyclic) bond motifs is 6. The number of rotatable bonds is 37. The second kappa shape index (κ2) is 29.5. The molecule has 0 aromatic heterocycles. The molecule has 28 heteroatoms. The van der Waals surface area contributed by atoms with E-state index in [-0.39, 0.29) is 107 Å². The van der Waals surface area contributed by atoms with Crippen molar-refractivity contribution in [3.05, 3.63) is 83.6 Å². The van der Waals surface area contributed by atoms with Gasteiger partial charge >= 0.3 is 5.97 Å². The molecular weight excluding hydrogens is 1170 g/mol. The molecule has 0 fully saturated rings. The molecule has 0 saturated carbocycles. The maximum absolute atomic E-state index is 12.9. The molecular formula is C55H71N2O22S4-3. The Kier molecular flexibility index (Phi) is 23.9. The van der Waals surface area contributed by atoms with E-state index in [4.69, 9.17) is 37.9 Å². The molecule has 0 amide bonds. The Morgan fingerprint density at radius 2 is 1.01 bits per heavy atom. The van der Waals surface area contributed by atoms with Crippen LogP contribution in [-0.2, 0) is 94.0 Å². The van der Waals surface area contributed by atoms with Gasteiger partial charge in [-0.1, -0.05) is 12.1 Å². The molecule has 0 bridgehead atoms. The molecule has 24 nitrogen and oxygen atoms in total. The van der Waals surface area contributed by atoms with Gasteiger partial charge in [-0.25, -0.2) is 33.7 Å². The molecule has 0 saturated heterocycles. The van der Waals surface area contributed by atoms with Gasteiger partial charge in [0.2, 0.25) is 5.69 Å². The molecule has 2 heterocycles. The van der Waals surface area contributed by atoms with Crippen molar-refractivity contribution in [1.29, 1.82) is 0 Å². The van der Waals surface area contributed by atoms with Crippen LogP contribution in [-0.4, -0.2) is 193 Å². The summed E-state index contributed by atoms with van der Waals surface area (Å²) in [5.74, 6) is -0.981. The summed E-state index contributed by atoms with van der Waals surface area (Å²) in [7, 11) is -18.3. The number of hydrogen-bond donors (Lipinski definition) is 1. The van der Waals surface area contributed by atoms with E-state index < -0.39 is 76.9 Å². The van der Waals surface area contributed by atoms with Gasteiger partial charge in [-0.3, -0.25) is 4.79 Å². The predicted octanol–water partition coefficient (Wildman–Crippen LogP) is 5.02. The second-order valence-electron chi connectivity index (χ2n) is 20.0. The van der Waals surface area contributed by atoms with E-state index in [2.05, 4.69) is 0 Å². The molecule has 0 spiro atoms. The minimum atomic E-state index is -5.39. The van der Waals surface area contributed by atoms with Gasteiger partial charge in [-0.15, -0.1) is 0 Å². The van der Waals surface area contributed by atoms with E-state index in [1.807, 2.05) is 30.2 Å². The summed E-state index contributed by atoms with van der Waals surface area (Å²) in [6.45, 7) is 9.60. The lowest BCUT2D eigenvalue weighted by Crippen LogP contribution is -2.33. The Hall–Kier alpha value is -4.86. The van der Waals surface area contributed by atoms with Crippen LogP contribution < -0.4 is 4.90 Å². The lowest BCUT2D eigenvalue weighted by Gasteiger charge is -2.30. The lowest BCUT2D eigenvalue weighted by molar-refractivity contribution is -0.438. The number of nitrogens with zero attached hydrogens (tertiary/aromatic N) is 2. The number of benzene rings is 4. The summed E-state index contributed by atoms with van der Waals surface area (Å²) in [6.07, 6.45) is 6.72. The monoisotopic (exact) mass is 1240 g/mol. The number of carbonyl (C=O) groups is 1. The summed E-state index contributed by atoms with van der Waals surface area (Å²) in [5.41, 5.74) is 0.424. The molecule has 2 atom stereocenters. The molecule has 460 valence electrons. The molecule has 83 heavy (non-hydrogen) atoms. The Morgan fingerprint density at radius 3 is 1.46 bits per heavy atom. The number of unbranched alkanes of at least 4 members (excludes halogenated alkanes) is 2. The first kappa shape index (κ1) is 67.3. The minimum Gasteiger partial charge on any atom is -0.744 e. The minimum absolute atomic E-state index is 0.00613. The molecule has 4 aromatic rings. The number of ether oxygens (including phenoxy) is 8. The smallest absolute Gasteiger partial charge is 0.303 e. The molecule has 4 aromatic carbocycles. The van der Waals surface area contributed by atoms with Gasteiger partial charge in [0.15, 0.2) is 5.71 Å². The number of hydrogen-bond acceptors (Lipinski definition) is 22.